The molecule has 1 aliphatic heterocycles. The fourth-order valence-corrected chi connectivity index (χ4v) is 5.41. The van der Waals surface area contributed by atoms with Gasteiger partial charge in [0.15, 0.2) is 28.9 Å². The van der Waals surface area contributed by atoms with E-state index in [1.54, 1.807) is 33.0 Å². The largest absolute Gasteiger partial charge is 0.388 e. The summed E-state index contributed by atoms with van der Waals surface area (Å²) < 4.78 is 11.0. The summed E-state index contributed by atoms with van der Waals surface area (Å²) in [5, 5.41) is 28.6. The molecular formula is C28H34N12O6. The third-order valence-corrected chi connectivity index (χ3v) is 7.85. The molecule has 4 aromatic heterocycles. The van der Waals surface area contributed by atoms with Crippen molar-refractivity contribution in [2.75, 3.05) is 34.8 Å². The summed E-state index contributed by atoms with van der Waals surface area (Å²) in [6, 6.07) is 6.65. The monoisotopic (exact) mass is 634 g/mol. The lowest BCUT2D eigenvalue weighted by Gasteiger charge is -2.16. The molecule has 1 fully saturated rings. The van der Waals surface area contributed by atoms with Crippen LogP contribution in [0.2, 0.25) is 0 Å². The smallest absolute Gasteiger partial charge is 0.332 e. The van der Waals surface area contributed by atoms with Crippen molar-refractivity contribution >= 4 is 51.8 Å². The lowest BCUT2D eigenvalue weighted by Crippen LogP contribution is -2.39. The fraction of sp³-hybridized carbons (Fsp3) is 0.393. The number of aliphatic hydroxyl groups is 2. The highest BCUT2D eigenvalue weighted by Crippen LogP contribution is 2.29. The predicted molar refractivity (Wildman–Crippen MR) is 169 cm³/mol. The molecule has 5 aromatic rings. The number of hydrogen-bond acceptors (Lipinski definition) is 12. The number of anilines is 4. The fourth-order valence-electron chi connectivity index (χ4n) is 5.41. The van der Waals surface area contributed by atoms with Crippen molar-refractivity contribution in [1.82, 2.24) is 38.2 Å². The van der Waals surface area contributed by atoms with Gasteiger partial charge in [-0.15, -0.1) is 0 Å². The lowest BCUT2D eigenvalue weighted by atomic mass is 10.1. The molecule has 1 aliphatic rings. The number of nitrogen functional groups attached to an aromatic ring is 1. The Hall–Kier alpha value is -5.33. The Morgan fingerprint density at radius 2 is 1.78 bits per heavy atom. The first-order valence-electron chi connectivity index (χ1n) is 14.7. The Balaban J connectivity index is 1.08. The number of nitrogens with two attached hydrogens (primary N) is 1. The number of aliphatic hydroxyl groups excluding tert-OH is 2. The van der Waals surface area contributed by atoms with Gasteiger partial charge >= 0.3 is 11.7 Å². The Kier molecular flexibility index (Phi) is 8.15. The summed E-state index contributed by atoms with van der Waals surface area (Å²) in [4.78, 5) is 55.7. The third-order valence-electron chi connectivity index (χ3n) is 7.85. The van der Waals surface area contributed by atoms with Gasteiger partial charge in [-0.05, 0) is 38.0 Å². The second-order valence-corrected chi connectivity index (χ2v) is 10.7. The summed E-state index contributed by atoms with van der Waals surface area (Å²) in [6.45, 7) is 4.48. The number of imidazole rings is 2. The highest BCUT2D eigenvalue weighted by atomic mass is 16.5. The van der Waals surface area contributed by atoms with Crippen LogP contribution in [0.25, 0.3) is 22.3 Å². The van der Waals surface area contributed by atoms with E-state index in [1.807, 2.05) is 12.1 Å². The van der Waals surface area contributed by atoms with E-state index < -0.39 is 35.7 Å². The minimum atomic E-state index is -1.13. The van der Waals surface area contributed by atoms with Crippen LogP contribution in [-0.2, 0) is 31.3 Å². The zero-order chi connectivity index (χ0) is 32.7. The normalized spacial score (nSPS) is 18.0. The molecule has 46 heavy (non-hydrogen) atoms. The molecule has 1 saturated heterocycles. The predicted octanol–water partition coefficient (Wildman–Crippen LogP) is 0.208. The molecule has 0 spiro atoms. The van der Waals surface area contributed by atoms with E-state index in [4.69, 9.17) is 10.5 Å². The molecule has 1 aromatic carbocycles. The molecular weight excluding hydrogens is 600 g/mol. The van der Waals surface area contributed by atoms with Crippen LogP contribution in [0, 0.1) is 0 Å². The topological polar surface area (TPSA) is 234 Å². The molecule has 2 amide bonds. The lowest BCUT2D eigenvalue weighted by molar-refractivity contribution is -0.0162. The van der Waals surface area contributed by atoms with Crippen LogP contribution >= 0.6 is 0 Å². The Labute approximate surface area is 260 Å². The maximum atomic E-state index is 12.9. The van der Waals surface area contributed by atoms with Crippen molar-refractivity contribution in [2.24, 2.45) is 7.05 Å². The number of aromatic nitrogens is 8. The van der Waals surface area contributed by atoms with Gasteiger partial charge < -0.3 is 35.9 Å². The second kappa shape index (κ2) is 12.2. The average Bonchev–Trinajstić information content (AvgIpc) is 3.69. The Morgan fingerprint density at radius 3 is 2.46 bits per heavy atom. The van der Waals surface area contributed by atoms with Crippen molar-refractivity contribution in [3.63, 3.8) is 0 Å². The number of carbonyl (C=O) groups excluding carboxylic acids is 1. The van der Waals surface area contributed by atoms with Crippen molar-refractivity contribution in [2.45, 2.75) is 51.8 Å². The number of urea groups is 1. The van der Waals surface area contributed by atoms with Crippen molar-refractivity contribution < 1.29 is 19.7 Å². The number of carbonyl (C=O) groups is 1. The molecule has 0 aliphatic carbocycles. The third kappa shape index (κ3) is 5.41. The molecule has 5 heterocycles. The quantitative estimate of drug-likeness (QED) is 0.128. The number of aryl methyl sites for hydroxylation is 2. The molecule has 0 bridgehead atoms. The maximum Gasteiger partial charge on any atom is 0.332 e. The molecule has 0 radical (unpaired) electrons. The van der Waals surface area contributed by atoms with Crippen LogP contribution in [0.4, 0.5) is 28.2 Å². The Bertz CT molecular complexity index is 2050. The van der Waals surface area contributed by atoms with Gasteiger partial charge in [0.25, 0.3) is 5.56 Å². The van der Waals surface area contributed by atoms with Crippen molar-refractivity contribution in [1.29, 1.82) is 0 Å². The van der Waals surface area contributed by atoms with Gasteiger partial charge in [-0.25, -0.2) is 14.6 Å². The summed E-state index contributed by atoms with van der Waals surface area (Å²) in [7, 11) is 1.60. The zero-order valence-electron chi connectivity index (χ0n) is 25.3. The van der Waals surface area contributed by atoms with Gasteiger partial charge in [-0.3, -0.25) is 23.8 Å². The highest BCUT2D eigenvalue weighted by molar-refractivity contribution is 5.99. The van der Waals surface area contributed by atoms with Crippen LogP contribution in [0.3, 0.4) is 0 Å². The summed E-state index contributed by atoms with van der Waals surface area (Å²) in [5.74, 6) is 0.544. The molecule has 6 rings (SSSR count). The number of fused-ring (bicyclic) bond motifs is 2. The number of nitrogens with zero attached hydrogens (tertiary/aromatic N) is 8. The second-order valence-electron chi connectivity index (χ2n) is 10.7. The first-order valence-corrected chi connectivity index (χ1v) is 14.7. The van der Waals surface area contributed by atoms with Gasteiger partial charge in [0.05, 0.1) is 12.9 Å². The van der Waals surface area contributed by atoms with Crippen LogP contribution in [0.15, 0.2) is 40.2 Å². The minimum Gasteiger partial charge on any atom is -0.388 e. The van der Waals surface area contributed by atoms with Gasteiger partial charge in [0, 0.05) is 32.4 Å². The first kappa shape index (κ1) is 30.7. The zero-order valence-corrected chi connectivity index (χ0v) is 25.3. The van der Waals surface area contributed by atoms with Crippen LogP contribution in [0.1, 0.15) is 25.6 Å². The average molecular weight is 635 g/mol. The summed E-state index contributed by atoms with van der Waals surface area (Å²) >= 11 is 0. The van der Waals surface area contributed by atoms with Crippen molar-refractivity contribution in [3.05, 3.63) is 57.0 Å². The number of amides is 2. The molecule has 3 atom stereocenters. The number of benzene rings is 1. The Morgan fingerprint density at radius 1 is 1.04 bits per heavy atom. The number of nitrogens with one attached hydrogen (secondary N) is 3. The maximum absolute atomic E-state index is 12.9. The van der Waals surface area contributed by atoms with Crippen molar-refractivity contribution in [3.8, 4) is 0 Å². The van der Waals surface area contributed by atoms with Crippen LogP contribution in [-0.4, -0.2) is 79.8 Å². The van der Waals surface area contributed by atoms with Crippen LogP contribution < -0.4 is 32.9 Å². The standard InChI is InChI=1S/C28H34N12O6/c1-4-38-22-18(23(43)39(5-2)28(38)45)37(3)26(35-22)36-27(44)32-15-8-6-14(7-9-15)10-11-30-25-33-20(29)17-21(34-25)40(13-31-17)24-19(42)16(41)12-46-24/h6-9,13,16,19,24,41-42H,4-5,10-12H2,1-3H3,(H3,29,30,33,34)(H2,32,35,36,44)/t16-,19-,24-/m1/s1. The van der Waals surface area contributed by atoms with E-state index >= 15 is 0 Å². The van der Waals surface area contributed by atoms with Gasteiger partial charge in [0.1, 0.15) is 17.7 Å². The molecule has 0 saturated carbocycles. The van der Waals surface area contributed by atoms with E-state index in [-0.39, 0.29) is 42.0 Å². The highest BCUT2D eigenvalue weighted by Gasteiger charge is 2.37. The van der Waals surface area contributed by atoms with Gasteiger partial charge in [-0.2, -0.15) is 15.0 Å². The van der Waals surface area contributed by atoms with E-state index in [0.29, 0.717) is 36.4 Å². The summed E-state index contributed by atoms with van der Waals surface area (Å²) in [5.41, 5.74) is 7.81. The molecule has 18 heteroatoms. The number of hydrogen-bond donors (Lipinski definition) is 6. The molecule has 242 valence electrons. The minimum absolute atomic E-state index is 0.0106. The van der Waals surface area contributed by atoms with E-state index in [9.17, 15) is 24.6 Å². The van der Waals surface area contributed by atoms with E-state index in [0.717, 1.165) is 10.1 Å². The number of rotatable bonds is 9. The van der Waals surface area contributed by atoms with Crippen LogP contribution in [0.5, 0.6) is 0 Å². The molecule has 0 unspecified atom stereocenters. The van der Waals surface area contributed by atoms with E-state index in [1.165, 1.54) is 20.0 Å². The molecule has 7 N–H and O–H groups in total. The van der Waals surface area contributed by atoms with Gasteiger partial charge in [-0.1, -0.05) is 12.1 Å². The number of ether oxygens (including phenoxy) is 1. The first-order chi connectivity index (χ1) is 22.1. The molecule has 18 nitrogen and oxygen atoms in total. The van der Waals surface area contributed by atoms with E-state index in [2.05, 4.69) is 35.9 Å². The SMILES string of the molecule is CCn1c(=O)c2c(nc(NC(=O)Nc3ccc(CCNc4nc(N)c5ncn([C@@H]6OC[C@@H](O)[C@H]6O)c5n4)cc3)n2C)n(CC)c1=O. The summed E-state index contributed by atoms with van der Waals surface area (Å²) in [6.07, 6.45) is -0.963. The van der Waals surface area contributed by atoms with Gasteiger partial charge in [0.2, 0.25) is 11.9 Å².